The van der Waals surface area contributed by atoms with Gasteiger partial charge in [-0.25, -0.2) is 4.79 Å². The van der Waals surface area contributed by atoms with Crippen molar-refractivity contribution in [2.75, 3.05) is 19.6 Å². The van der Waals surface area contributed by atoms with Crippen molar-refractivity contribution in [3.63, 3.8) is 0 Å². The molecule has 0 radical (unpaired) electrons. The molecule has 1 N–H and O–H groups in total. The Morgan fingerprint density at radius 2 is 2.35 bits per heavy atom. The number of likely N-dealkylation sites (tertiary alicyclic amines) is 1. The molecular weight excluding hydrogens is 258 g/mol. The van der Waals surface area contributed by atoms with Gasteiger partial charge in [-0.3, -0.25) is 4.98 Å². The Kier molecular flexibility index (Phi) is 3.32. The van der Waals surface area contributed by atoms with E-state index in [9.17, 15) is 4.79 Å². The second-order valence-corrected chi connectivity index (χ2v) is 4.61. The predicted octanol–water partition coefficient (Wildman–Crippen LogP) is 1.26. The molecule has 2 amide bonds. The number of pyridine rings is 1. The number of carbonyl (C=O) groups is 1. The van der Waals surface area contributed by atoms with Crippen LogP contribution < -0.4 is 5.32 Å². The van der Waals surface area contributed by atoms with Gasteiger partial charge in [0.15, 0.2) is 0 Å². The van der Waals surface area contributed by atoms with E-state index < -0.39 is 0 Å². The summed E-state index contributed by atoms with van der Waals surface area (Å²) in [6, 6.07) is 5.49. The molecule has 2 aromatic rings. The van der Waals surface area contributed by atoms with E-state index in [-0.39, 0.29) is 11.9 Å². The lowest BCUT2D eigenvalue weighted by atomic mass is 10.0. The van der Waals surface area contributed by atoms with E-state index in [1.54, 1.807) is 11.1 Å². The Morgan fingerprint density at radius 3 is 3.05 bits per heavy atom. The molecule has 2 aromatic heterocycles. The zero-order chi connectivity index (χ0) is 13.9. The van der Waals surface area contributed by atoms with Crippen LogP contribution >= 0.6 is 0 Å². The Morgan fingerprint density at radius 1 is 1.50 bits per heavy atom. The van der Waals surface area contributed by atoms with Gasteiger partial charge in [-0.15, -0.1) is 0 Å². The fourth-order valence-corrected chi connectivity index (χ4v) is 2.06. The van der Waals surface area contributed by atoms with Crippen LogP contribution in [-0.2, 0) is 0 Å². The summed E-state index contributed by atoms with van der Waals surface area (Å²) in [5.74, 6) is 1.16. The van der Waals surface area contributed by atoms with Crippen LogP contribution in [0.25, 0.3) is 11.5 Å². The molecule has 0 aromatic carbocycles. The molecule has 0 atom stereocenters. The summed E-state index contributed by atoms with van der Waals surface area (Å²) in [5, 5.41) is 6.69. The first-order valence-corrected chi connectivity index (χ1v) is 6.55. The lowest BCUT2D eigenvalue weighted by Crippen LogP contribution is -2.52. The minimum absolute atomic E-state index is 0.0479. The van der Waals surface area contributed by atoms with Gasteiger partial charge in [-0.1, -0.05) is 11.2 Å². The fraction of sp³-hybridized carbons (Fsp3) is 0.385. The Bertz CT molecular complexity index is 592. The average Bonchev–Trinajstić information content (AvgIpc) is 2.88. The topological polar surface area (TPSA) is 84.2 Å². The highest BCUT2D eigenvalue weighted by Crippen LogP contribution is 2.26. The average molecular weight is 273 g/mol. The number of aromatic nitrogens is 3. The molecule has 1 saturated heterocycles. The fourth-order valence-electron chi connectivity index (χ4n) is 2.06. The molecular formula is C13H15N5O2. The van der Waals surface area contributed by atoms with Gasteiger partial charge in [-0.2, -0.15) is 4.98 Å². The van der Waals surface area contributed by atoms with Gasteiger partial charge in [0.25, 0.3) is 0 Å². The van der Waals surface area contributed by atoms with Crippen LogP contribution in [0.3, 0.4) is 0 Å². The maximum absolute atomic E-state index is 11.6. The zero-order valence-corrected chi connectivity index (χ0v) is 11.1. The lowest BCUT2D eigenvalue weighted by molar-refractivity contribution is 0.137. The SMILES string of the molecule is CCNC(=O)N1CC(c2nc(-c3ccccn3)no2)C1. The van der Waals surface area contributed by atoms with Gasteiger partial charge in [0.2, 0.25) is 11.7 Å². The molecule has 0 unspecified atom stereocenters. The molecule has 7 heteroatoms. The van der Waals surface area contributed by atoms with E-state index in [1.807, 2.05) is 25.1 Å². The van der Waals surface area contributed by atoms with E-state index in [1.165, 1.54) is 0 Å². The number of nitrogens with one attached hydrogen (secondary N) is 1. The normalized spacial score (nSPS) is 14.9. The van der Waals surface area contributed by atoms with E-state index in [0.29, 0.717) is 37.0 Å². The zero-order valence-electron chi connectivity index (χ0n) is 11.1. The number of amides is 2. The van der Waals surface area contributed by atoms with Crippen molar-refractivity contribution in [3.05, 3.63) is 30.3 Å². The van der Waals surface area contributed by atoms with Crippen molar-refractivity contribution < 1.29 is 9.32 Å². The van der Waals surface area contributed by atoms with E-state index in [4.69, 9.17) is 4.52 Å². The van der Waals surface area contributed by atoms with E-state index in [2.05, 4.69) is 20.4 Å². The Balaban J connectivity index is 1.64. The van der Waals surface area contributed by atoms with Crippen molar-refractivity contribution in [1.82, 2.24) is 25.3 Å². The number of nitrogens with zero attached hydrogens (tertiary/aromatic N) is 4. The second kappa shape index (κ2) is 5.28. The molecule has 1 fully saturated rings. The van der Waals surface area contributed by atoms with Gasteiger partial charge in [0.1, 0.15) is 5.69 Å². The number of hydrogen-bond donors (Lipinski definition) is 1. The minimum atomic E-state index is -0.0479. The molecule has 104 valence electrons. The molecule has 1 aliphatic heterocycles. The first-order valence-electron chi connectivity index (χ1n) is 6.55. The monoisotopic (exact) mass is 273 g/mol. The highest BCUT2D eigenvalue weighted by atomic mass is 16.5. The molecule has 0 saturated carbocycles. The third-order valence-electron chi connectivity index (χ3n) is 3.18. The molecule has 3 heterocycles. The largest absolute Gasteiger partial charge is 0.338 e. The second-order valence-electron chi connectivity index (χ2n) is 4.61. The minimum Gasteiger partial charge on any atom is -0.338 e. The summed E-state index contributed by atoms with van der Waals surface area (Å²) >= 11 is 0. The van der Waals surface area contributed by atoms with Crippen LogP contribution in [0, 0.1) is 0 Å². The molecule has 3 rings (SSSR count). The van der Waals surface area contributed by atoms with Gasteiger partial charge >= 0.3 is 6.03 Å². The van der Waals surface area contributed by atoms with Gasteiger partial charge < -0.3 is 14.7 Å². The molecule has 20 heavy (non-hydrogen) atoms. The summed E-state index contributed by atoms with van der Waals surface area (Å²) in [6.45, 7) is 3.74. The first kappa shape index (κ1) is 12.6. The van der Waals surface area contributed by atoms with Crippen molar-refractivity contribution in [1.29, 1.82) is 0 Å². The van der Waals surface area contributed by atoms with Gasteiger partial charge in [0, 0.05) is 25.8 Å². The van der Waals surface area contributed by atoms with Crippen LogP contribution in [0.4, 0.5) is 4.79 Å². The van der Waals surface area contributed by atoms with Crippen molar-refractivity contribution in [2.45, 2.75) is 12.8 Å². The summed E-state index contributed by atoms with van der Waals surface area (Å²) in [7, 11) is 0. The number of rotatable bonds is 3. The predicted molar refractivity (Wildman–Crippen MR) is 70.9 cm³/mol. The maximum Gasteiger partial charge on any atom is 0.317 e. The van der Waals surface area contributed by atoms with Crippen molar-refractivity contribution in [3.8, 4) is 11.5 Å². The van der Waals surface area contributed by atoms with E-state index >= 15 is 0 Å². The third-order valence-corrected chi connectivity index (χ3v) is 3.18. The van der Waals surface area contributed by atoms with Crippen LogP contribution in [0.1, 0.15) is 18.7 Å². The van der Waals surface area contributed by atoms with Crippen LogP contribution in [0.5, 0.6) is 0 Å². The van der Waals surface area contributed by atoms with Crippen molar-refractivity contribution >= 4 is 6.03 Å². The quantitative estimate of drug-likeness (QED) is 0.910. The van der Waals surface area contributed by atoms with Gasteiger partial charge in [-0.05, 0) is 19.1 Å². The van der Waals surface area contributed by atoms with Crippen LogP contribution in [0.2, 0.25) is 0 Å². The van der Waals surface area contributed by atoms with Crippen LogP contribution in [-0.4, -0.2) is 45.7 Å². The van der Waals surface area contributed by atoms with Crippen molar-refractivity contribution in [2.24, 2.45) is 0 Å². The molecule has 0 bridgehead atoms. The number of urea groups is 1. The summed E-state index contributed by atoms with van der Waals surface area (Å²) < 4.78 is 5.25. The molecule has 0 aliphatic carbocycles. The summed E-state index contributed by atoms with van der Waals surface area (Å²) in [4.78, 5) is 21.8. The highest BCUT2D eigenvalue weighted by molar-refractivity contribution is 5.75. The lowest BCUT2D eigenvalue weighted by Gasteiger charge is -2.36. The van der Waals surface area contributed by atoms with Crippen LogP contribution in [0.15, 0.2) is 28.9 Å². The van der Waals surface area contributed by atoms with E-state index in [0.717, 1.165) is 0 Å². The summed E-state index contributed by atoms with van der Waals surface area (Å²) in [6.07, 6.45) is 1.69. The molecule has 0 spiro atoms. The Hall–Kier alpha value is -2.44. The van der Waals surface area contributed by atoms with Gasteiger partial charge in [0.05, 0.1) is 5.92 Å². The number of hydrogen-bond acceptors (Lipinski definition) is 5. The highest BCUT2D eigenvalue weighted by Gasteiger charge is 2.35. The molecule has 7 nitrogen and oxygen atoms in total. The standard InChI is InChI=1S/C13H15N5O2/c1-2-14-13(19)18-7-9(8-18)12-16-11(17-20-12)10-5-3-4-6-15-10/h3-6,9H,2,7-8H2,1H3,(H,14,19). The smallest absolute Gasteiger partial charge is 0.317 e. The third kappa shape index (κ3) is 2.34. The summed E-state index contributed by atoms with van der Waals surface area (Å²) in [5.41, 5.74) is 0.683. The number of carbonyl (C=O) groups excluding carboxylic acids is 1. The Labute approximate surface area is 116 Å². The maximum atomic E-state index is 11.6. The molecule has 1 aliphatic rings. The first-order chi connectivity index (χ1) is 9.78.